The van der Waals surface area contributed by atoms with Crippen LogP contribution in [0.3, 0.4) is 0 Å². The third kappa shape index (κ3) is 13.4. The summed E-state index contributed by atoms with van der Waals surface area (Å²) in [4.78, 5) is 34.5. The summed E-state index contributed by atoms with van der Waals surface area (Å²) in [5.74, 6) is -2.31. The van der Waals surface area contributed by atoms with Gasteiger partial charge in [-0.2, -0.15) is 0 Å². The molecule has 13 unspecified atom stereocenters. The maximum atomic E-state index is 15.5. The second-order valence-electron chi connectivity index (χ2n) is 23.8. The van der Waals surface area contributed by atoms with Gasteiger partial charge in [-0.05, 0) is 159 Å². The molecular formula is C64H87N7O9S2. The molecule has 1 amide bonds. The number of phenols is 1. The standard InChI is InChI=1S/C64H87N7O9S2/c1-7-70-64(80,27-22-36(2)3)37(4)10-8-13-42(33-72)47-24-26-63(58(47)77)52-21-19-45(74)29-39-11-9-12-41(28-39)51-35-82-81-34-43-16-20-48-56(49(43)30-53(75)38(5)46(52)23-25-62(63,6)79)57(60(78)71-59(48)65)68-32-54(76)55(51)50(31-69-61(66)67)40-14-17-44(73)18-15-40/h8-18,20,22,28,45,47,50-52,54-55,57-59,68,70,72-74,76-77,79-80H,4,7,19,21,23-27,29-35,65H2,1-3,5-6H3,(H,71,78)(H4,66,67,69). The van der Waals surface area contributed by atoms with Gasteiger partial charge in [0.1, 0.15) is 23.7 Å². The van der Waals surface area contributed by atoms with E-state index >= 15 is 4.79 Å². The number of nitrogens with two attached hydrogens (primary N) is 3. The van der Waals surface area contributed by atoms with Gasteiger partial charge in [-0.25, -0.2) is 0 Å². The lowest BCUT2D eigenvalue weighted by atomic mass is 9.52. The van der Waals surface area contributed by atoms with Crippen LogP contribution in [0.1, 0.15) is 143 Å². The number of hydrogen-bond acceptors (Lipinski definition) is 15. The number of aliphatic hydroxyl groups excluding tert-OH is 4. The van der Waals surface area contributed by atoms with Gasteiger partial charge in [0.05, 0.1) is 30.5 Å². The van der Waals surface area contributed by atoms with E-state index in [9.17, 15) is 40.5 Å². The first kappa shape index (κ1) is 62.9. The van der Waals surface area contributed by atoms with Gasteiger partial charge in [0.25, 0.3) is 0 Å². The van der Waals surface area contributed by atoms with E-state index in [1.54, 1.807) is 71.0 Å². The Labute approximate surface area is 491 Å². The van der Waals surface area contributed by atoms with E-state index in [0.717, 1.165) is 33.4 Å². The molecule has 6 bridgehead atoms. The summed E-state index contributed by atoms with van der Waals surface area (Å²) >= 11 is 0. The fourth-order valence-electron chi connectivity index (χ4n) is 14.2. The molecule has 8 rings (SSSR count). The smallest absolute Gasteiger partial charge is 0.243 e. The molecule has 0 radical (unpaired) electrons. The largest absolute Gasteiger partial charge is 0.508 e. The van der Waals surface area contributed by atoms with E-state index in [1.807, 2.05) is 64.1 Å². The molecule has 3 heterocycles. The van der Waals surface area contributed by atoms with Gasteiger partial charge in [-0.15, -0.1) is 0 Å². The predicted octanol–water partition coefficient (Wildman–Crippen LogP) is 6.55. The number of likely N-dealkylation sites (N-methyl/N-ethyl adjacent to an activating group) is 1. The summed E-state index contributed by atoms with van der Waals surface area (Å²) in [6, 6.07) is 17.7. The number of β-amino-alcohol motifs (C(OH)–C–C–N with tert-alkyl or cyclic N) is 1. The molecule has 3 aliphatic heterocycles. The van der Waals surface area contributed by atoms with E-state index < -0.39 is 76.8 Å². The van der Waals surface area contributed by atoms with E-state index in [0.29, 0.717) is 83.6 Å². The number of carbonyl (C=O) groups is 2. The Hall–Kier alpha value is -5.09. The van der Waals surface area contributed by atoms with Crippen LogP contribution in [0.15, 0.2) is 124 Å². The number of Topliss-reactive ketones (excluding diaryl/α,β-unsaturated/α-hetero) is 1. The number of phenolic OH excluding ortho intramolecular Hbond substituents is 1. The number of amides is 1. The minimum atomic E-state index is -1.43. The van der Waals surface area contributed by atoms with Crippen LogP contribution in [0.2, 0.25) is 0 Å². The van der Waals surface area contributed by atoms with E-state index in [4.69, 9.17) is 17.2 Å². The molecule has 3 aromatic rings. The van der Waals surface area contributed by atoms with Crippen molar-refractivity contribution in [2.24, 2.45) is 45.4 Å². The predicted molar refractivity (Wildman–Crippen MR) is 327 cm³/mol. The molecule has 16 N–H and O–H groups in total. The van der Waals surface area contributed by atoms with Gasteiger partial charge in [-0.1, -0.05) is 119 Å². The maximum Gasteiger partial charge on any atom is 0.243 e. The number of allylic oxidation sites excluding steroid dienone is 5. The number of nitrogens with zero attached hydrogens (tertiary/aromatic N) is 1. The molecule has 2 fully saturated rings. The summed E-state index contributed by atoms with van der Waals surface area (Å²) in [7, 11) is 3.24. The topological polar surface area (TPSA) is 302 Å². The van der Waals surface area contributed by atoms with Gasteiger partial charge in [0, 0.05) is 60.6 Å². The summed E-state index contributed by atoms with van der Waals surface area (Å²) in [5, 5.41) is 93.7. The van der Waals surface area contributed by atoms with Crippen LogP contribution in [-0.2, 0) is 28.2 Å². The molecule has 0 aromatic heterocycles. The van der Waals surface area contributed by atoms with Crippen LogP contribution in [-0.4, -0.2) is 115 Å². The van der Waals surface area contributed by atoms with E-state index in [2.05, 4.69) is 33.6 Å². The highest BCUT2D eigenvalue weighted by molar-refractivity contribution is 8.76. The Morgan fingerprint density at radius 1 is 1.04 bits per heavy atom. The molecule has 13 atom stereocenters. The number of guanidine groups is 1. The molecular weight excluding hydrogens is 1070 g/mol. The zero-order valence-corrected chi connectivity index (χ0v) is 49.7. The Bertz CT molecular complexity index is 2970. The van der Waals surface area contributed by atoms with Crippen molar-refractivity contribution in [3.63, 3.8) is 0 Å². The van der Waals surface area contributed by atoms with Crippen molar-refractivity contribution in [1.82, 2.24) is 16.0 Å². The number of fused-ring (bicyclic) bond motifs is 9. The number of aliphatic hydroxyl groups is 6. The van der Waals surface area contributed by atoms with Crippen LogP contribution < -0.4 is 33.2 Å². The fourth-order valence-corrected chi connectivity index (χ4v) is 16.6. The van der Waals surface area contributed by atoms with Crippen molar-refractivity contribution in [3.05, 3.63) is 158 Å². The molecule has 16 nitrogen and oxygen atoms in total. The zero-order valence-electron chi connectivity index (χ0n) is 48.1. The number of hydrogen-bond donors (Lipinski definition) is 13. The average molecular weight is 1160 g/mol. The van der Waals surface area contributed by atoms with Crippen LogP contribution in [0.4, 0.5) is 0 Å². The number of nitrogens with one attached hydrogen (secondary N) is 3. The third-order valence-electron chi connectivity index (χ3n) is 18.6. The van der Waals surface area contributed by atoms with Crippen LogP contribution in [0.5, 0.6) is 5.75 Å². The van der Waals surface area contributed by atoms with Crippen molar-refractivity contribution in [2.45, 2.75) is 152 Å². The van der Waals surface area contributed by atoms with Crippen LogP contribution in [0.25, 0.3) is 0 Å². The molecule has 444 valence electrons. The Morgan fingerprint density at radius 2 is 1.79 bits per heavy atom. The first-order valence-corrected chi connectivity index (χ1v) is 31.4. The lowest BCUT2D eigenvalue weighted by Gasteiger charge is -2.56. The number of ketones is 1. The number of aromatic hydroxyl groups is 1. The van der Waals surface area contributed by atoms with Crippen molar-refractivity contribution in [2.75, 3.05) is 32.0 Å². The molecule has 82 heavy (non-hydrogen) atoms. The van der Waals surface area contributed by atoms with Crippen molar-refractivity contribution in [3.8, 4) is 5.75 Å². The highest BCUT2D eigenvalue weighted by atomic mass is 33.1. The second-order valence-corrected chi connectivity index (χ2v) is 26.4. The lowest BCUT2D eigenvalue weighted by molar-refractivity contribution is -0.168. The van der Waals surface area contributed by atoms with Gasteiger partial charge in [0.2, 0.25) is 5.91 Å². The summed E-state index contributed by atoms with van der Waals surface area (Å²) < 4.78 is 0. The quantitative estimate of drug-likeness (QED) is 0.0216. The van der Waals surface area contributed by atoms with Crippen molar-refractivity contribution in [1.29, 1.82) is 0 Å². The highest BCUT2D eigenvalue weighted by Crippen LogP contribution is 2.63. The molecule has 1 spiro atoms. The van der Waals surface area contributed by atoms with Crippen LogP contribution in [0, 0.1) is 23.2 Å². The van der Waals surface area contributed by atoms with E-state index in [-0.39, 0.29) is 68.8 Å². The average Bonchev–Trinajstić information content (AvgIpc) is 3.72. The Balaban J connectivity index is 1.26. The van der Waals surface area contributed by atoms with Crippen molar-refractivity contribution < 1.29 is 45.3 Å². The van der Waals surface area contributed by atoms with Crippen LogP contribution >= 0.6 is 21.6 Å². The first-order chi connectivity index (χ1) is 39.0. The molecule has 2 aliphatic carbocycles. The van der Waals surface area contributed by atoms with Gasteiger partial charge >= 0.3 is 0 Å². The minimum absolute atomic E-state index is 0.0661. The highest BCUT2D eigenvalue weighted by Gasteiger charge is 2.64. The molecule has 18 heteroatoms. The van der Waals surface area contributed by atoms with Gasteiger partial charge in [0.15, 0.2) is 11.7 Å². The Morgan fingerprint density at radius 3 is 2.50 bits per heavy atom. The zero-order chi connectivity index (χ0) is 59.3. The molecule has 0 saturated heterocycles. The molecule has 3 aromatic carbocycles. The summed E-state index contributed by atoms with van der Waals surface area (Å²) in [6.45, 7) is 13.8. The monoisotopic (exact) mass is 1160 g/mol. The molecule has 2 saturated carbocycles. The minimum Gasteiger partial charge on any atom is -0.508 e. The van der Waals surface area contributed by atoms with E-state index in [1.165, 1.54) is 0 Å². The number of benzene rings is 3. The third-order valence-corrected chi connectivity index (χ3v) is 20.9. The number of rotatable bonds is 13. The number of aliphatic imine (C=N–C) groups is 1. The SMILES string of the molecule is C=C(C=CC=C(CO)C1CCC2(C3CCC(O)Cc4cccc(c4)C4CSSCc5ccc6c(c5CC(=O)C(C)=C3CCC2(C)O)C(NCC(O)C4C(CN=C(N)N)c2ccc(O)cc2)C(=O)NC6N)C1O)C(O)(CC=C(C)C)NCC. The summed E-state index contributed by atoms with van der Waals surface area (Å²) in [5.41, 5.74) is 23.3. The Kier molecular flexibility index (Phi) is 20.6. The lowest BCUT2D eigenvalue weighted by Crippen LogP contribution is -2.59. The van der Waals surface area contributed by atoms with Gasteiger partial charge in [-0.3, -0.25) is 25.2 Å². The summed E-state index contributed by atoms with van der Waals surface area (Å²) in [6.07, 6.45) is 5.52. The normalized spacial score (nSPS) is 30.3. The molecule has 5 aliphatic rings. The second kappa shape index (κ2) is 26.9. The maximum absolute atomic E-state index is 15.5. The number of carbonyl (C=O) groups excluding carboxylic acids is 2. The van der Waals surface area contributed by atoms with Crippen molar-refractivity contribution >= 4 is 39.2 Å². The van der Waals surface area contributed by atoms with Gasteiger partial charge < -0.3 is 58.3 Å². The first-order valence-electron chi connectivity index (χ1n) is 28.9. The fraction of sp³-hybridized carbons (Fsp3) is 0.516.